The third-order valence-electron chi connectivity index (χ3n) is 1.66. The van der Waals surface area contributed by atoms with Crippen molar-refractivity contribution in [1.82, 2.24) is 9.97 Å². The number of aryl methyl sites for hydroxylation is 1. The number of hydrogen-bond donors (Lipinski definition) is 1. The lowest BCUT2D eigenvalue weighted by Gasteiger charge is -1.92. The van der Waals surface area contributed by atoms with E-state index in [1.807, 2.05) is 6.92 Å². The van der Waals surface area contributed by atoms with E-state index in [4.69, 9.17) is 11.6 Å². The molecule has 0 aliphatic carbocycles. The largest absolute Gasteiger partial charge is 0.328 e. The standard InChI is InChI=1S/C8H6ClFN2/c1-4-2-5(10)7-6(3-4)11-8(9)12-7/h2-3H,1H3,(H,11,12). The second kappa shape index (κ2) is 2.45. The van der Waals surface area contributed by atoms with Gasteiger partial charge in [-0.1, -0.05) is 0 Å². The minimum absolute atomic E-state index is 0.217. The molecule has 0 spiro atoms. The summed E-state index contributed by atoms with van der Waals surface area (Å²) >= 11 is 5.57. The predicted molar refractivity (Wildman–Crippen MR) is 45.8 cm³/mol. The predicted octanol–water partition coefficient (Wildman–Crippen LogP) is 2.66. The molecule has 0 radical (unpaired) electrons. The van der Waals surface area contributed by atoms with Crippen LogP contribution >= 0.6 is 11.6 Å². The number of hydrogen-bond acceptors (Lipinski definition) is 1. The van der Waals surface area contributed by atoms with Gasteiger partial charge in [0.2, 0.25) is 5.28 Å². The lowest BCUT2D eigenvalue weighted by atomic mass is 10.2. The number of aromatic amines is 1. The number of imidazole rings is 1. The summed E-state index contributed by atoms with van der Waals surface area (Å²) in [6, 6.07) is 3.23. The van der Waals surface area contributed by atoms with Crippen molar-refractivity contribution < 1.29 is 4.39 Å². The molecule has 1 heterocycles. The van der Waals surface area contributed by atoms with Gasteiger partial charge in [-0.05, 0) is 36.2 Å². The Hall–Kier alpha value is -1.09. The second-order valence-electron chi connectivity index (χ2n) is 2.67. The zero-order valence-corrected chi connectivity index (χ0v) is 7.11. The van der Waals surface area contributed by atoms with E-state index in [0.29, 0.717) is 11.0 Å². The highest BCUT2D eigenvalue weighted by Crippen LogP contribution is 2.19. The van der Waals surface area contributed by atoms with Crippen LogP contribution in [0.5, 0.6) is 0 Å². The Bertz CT molecular complexity index is 436. The first kappa shape index (κ1) is 7.55. The molecule has 0 bridgehead atoms. The Morgan fingerprint density at radius 1 is 1.50 bits per heavy atom. The molecule has 2 nitrogen and oxygen atoms in total. The fraction of sp³-hybridized carbons (Fsp3) is 0.125. The molecule has 0 unspecified atom stereocenters. The molecule has 0 aliphatic heterocycles. The molecule has 0 fully saturated rings. The Kier molecular flexibility index (Phi) is 1.54. The third kappa shape index (κ3) is 1.06. The topological polar surface area (TPSA) is 28.7 Å². The van der Waals surface area contributed by atoms with Crippen LogP contribution in [0.25, 0.3) is 11.0 Å². The Labute approximate surface area is 73.4 Å². The van der Waals surface area contributed by atoms with Crippen LogP contribution in [0.4, 0.5) is 4.39 Å². The van der Waals surface area contributed by atoms with Crippen LogP contribution in [0.3, 0.4) is 0 Å². The second-order valence-corrected chi connectivity index (χ2v) is 3.03. The van der Waals surface area contributed by atoms with Gasteiger partial charge in [-0.25, -0.2) is 9.37 Å². The summed E-state index contributed by atoms with van der Waals surface area (Å²) in [7, 11) is 0. The molecule has 4 heteroatoms. The van der Waals surface area contributed by atoms with Gasteiger partial charge in [0, 0.05) is 0 Å². The van der Waals surface area contributed by atoms with Gasteiger partial charge in [-0.2, -0.15) is 0 Å². The zero-order valence-electron chi connectivity index (χ0n) is 6.36. The monoisotopic (exact) mass is 184 g/mol. The average molecular weight is 185 g/mol. The van der Waals surface area contributed by atoms with Gasteiger partial charge in [0.05, 0.1) is 5.52 Å². The highest BCUT2D eigenvalue weighted by atomic mass is 35.5. The fourth-order valence-corrected chi connectivity index (χ4v) is 1.37. The highest BCUT2D eigenvalue weighted by Gasteiger charge is 2.06. The number of halogens is 2. The van der Waals surface area contributed by atoms with E-state index in [9.17, 15) is 4.39 Å². The van der Waals surface area contributed by atoms with Crippen LogP contribution < -0.4 is 0 Å². The normalized spacial score (nSPS) is 10.9. The van der Waals surface area contributed by atoms with Crippen molar-refractivity contribution in [3.8, 4) is 0 Å². The maximum absolute atomic E-state index is 13.1. The molecule has 0 aliphatic rings. The molecular formula is C8H6ClFN2. The van der Waals surface area contributed by atoms with Crippen LogP contribution in [-0.2, 0) is 0 Å². The Morgan fingerprint density at radius 3 is 3.00 bits per heavy atom. The quantitative estimate of drug-likeness (QED) is 0.670. The number of fused-ring (bicyclic) bond motifs is 1. The zero-order chi connectivity index (χ0) is 8.72. The number of rotatable bonds is 0. The number of nitrogens with one attached hydrogen (secondary N) is 1. The van der Waals surface area contributed by atoms with Gasteiger partial charge < -0.3 is 4.98 Å². The first-order valence-electron chi connectivity index (χ1n) is 3.48. The molecule has 12 heavy (non-hydrogen) atoms. The summed E-state index contributed by atoms with van der Waals surface area (Å²) in [4.78, 5) is 6.54. The molecule has 0 saturated heterocycles. The fourth-order valence-electron chi connectivity index (χ4n) is 1.18. The van der Waals surface area contributed by atoms with E-state index in [1.165, 1.54) is 6.07 Å². The minimum atomic E-state index is -0.340. The SMILES string of the molecule is Cc1cc(F)c2nc(Cl)[nH]c2c1. The number of benzene rings is 1. The van der Waals surface area contributed by atoms with E-state index in [1.54, 1.807) is 6.07 Å². The molecule has 0 atom stereocenters. The van der Waals surface area contributed by atoms with E-state index >= 15 is 0 Å². The van der Waals surface area contributed by atoms with E-state index in [2.05, 4.69) is 9.97 Å². The first-order chi connectivity index (χ1) is 5.66. The molecule has 1 aromatic heterocycles. The molecule has 1 N–H and O–H groups in total. The van der Waals surface area contributed by atoms with Crippen LogP contribution in [0, 0.1) is 12.7 Å². The highest BCUT2D eigenvalue weighted by molar-refractivity contribution is 6.29. The van der Waals surface area contributed by atoms with Crippen molar-refractivity contribution in [2.45, 2.75) is 6.92 Å². The van der Waals surface area contributed by atoms with Gasteiger partial charge in [-0.3, -0.25) is 0 Å². The summed E-state index contributed by atoms with van der Waals surface area (Å²) < 4.78 is 13.1. The van der Waals surface area contributed by atoms with Gasteiger partial charge in [0.15, 0.2) is 5.82 Å². The lowest BCUT2D eigenvalue weighted by molar-refractivity contribution is 0.636. The maximum Gasteiger partial charge on any atom is 0.201 e. The van der Waals surface area contributed by atoms with Crippen molar-refractivity contribution in [2.24, 2.45) is 0 Å². The van der Waals surface area contributed by atoms with Gasteiger partial charge in [0.1, 0.15) is 5.52 Å². The summed E-state index contributed by atoms with van der Waals surface area (Å²) in [6.07, 6.45) is 0. The molecular weight excluding hydrogens is 179 g/mol. The Morgan fingerprint density at radius 2 is 2.25 bits per heavy atom. The van der Waals surface area contributed by atoms with Gasteiger partial charge in [0.25, 0.3) is 0 Å². The number of H-pyrrole nitrogens is 1. The molecule has 0 saturated carbocycles. The third-order valence-corrected chi connectivity index (χ3v) is 1.83. The number of aromatic nitrogens is 2. The average Bonchev–Trinajstić information content (AvgIpc) is 2.29. The molecule has 62 valence electrons. The van der Waals surface area contributed by atoms with Crippen molar-refractivity contribution in [1.29, 1.82) is 0 Å². The molecule has 2 rings (SSSR count). The van der Waals surface area contributed by atoms with Crippen LogP contribution in [0.2, 0.25) is 5.28 Å². The van der Waals surface area contributed by atoms with Crippen molar-refractivity contribution in [3.63, 3.8) is 0 Å². The van der Waals surface area contributed by atoms with E-state index < -0.39 is 0 Å². The van der Waals surface area contributed by atoms with Crippen molar-refractivity contribution in [2.75, 3.05) is 0 Å². The van der Waals surface area contributed by atoms with E-state index in [0.717, 1.165) is 5.56 Å². The van der Waals surface area contributed by atoms with E-state index in [-0.39, 0.29) is 11.1 Å². The van der Waals surface area contributed by atoms with Gasteiger partial charge >= 0.3 is 0 Å². The summed E-state index contributed by atoms with van der Waals surface area (Å²) in [5, 5.41) is 0.217. The summed E-state index contributed by atoms with van der Waals surface area (Å²) in [6.45, 7) is 1.82. The van der Waals surface area contributed by atoms with Crippen LogP contribution in [-0.4, -0.2) is 9.97 Å². The molecule has 2 aromatic rings. The van der Waals surface area contributed by atoms with Crippen molar-refractivity contribution >= 4 is 22.6 Å². The van der Waals surface area contributed by atoms with Crippen LogP contribution in [0.15, 0.2) is 12.1 Å². The number of nitrogens with zero attached hydrogens (tertiary/aromatic N) is 1. The summed E-state index contributed by atoms with van der Waals surface area (Å²) in [5.74, 6) is -0.340. The summed E-state index contributed by atoms with van der Waals surface area (Å²) in [5.41, 5.74) is 1.78. The first-order valence-corrected chi connectivity index (χ1v) is 3.86. The minimum Gasteiger partial charge on any atom is -0.328 e. The van der Waals surface area contributed by atoms with Gasteiger partial charge in [-0.15, -0.1) is 0 Å². The Balaban J connectivity index is 2.88. The molecule has 0 amide bonds. The van der Waals surface area contributed by atoms with Crippen molar-refractivity contribution in [3.05, 3.63) is 28.8 Å². The maximum atomic E-state index is 13.1. The van der Waals surface area contributed by atoms with Crippen LogP contribution in [0.1, 0.15) is 5.56 Å². The lowest BCUT2D eigenvalue weighted by Crippen LogP contribution is -1.80. The molecule has 1 aromatic carbocycles. The smallest absolute Gasteiger partial charge is 0.201 e.